The summed E-state index contributed by atoms with van der Waals surface area (Å²) in [4.78, 5) is 39.3. The zero-order chi connectivity index (χ0) is 21.9. The van der Waals surface area contributed by atoms with Crippen molar-refractivity contribution in [2.45, 2.75) is 52.0 Å². The number of urea groups is 1. The van der Waals surface area contributed by atoms with Gasteiger partial charge in [-0.2, -0.15) is 5.01 Å². The molecule has 1 saturated carbocycles. The molecule has 1 aromatic carbocycles. The van der Waals surface area contributed by atoms with Crippen molar-refractivity contribution in [2.24, 2.45) is 5.92 Å². The van der Waals surface area contributed by atoms with Crippen molar-refractivity contribution in [3.05, 3.63) is 29.3 Å². The Morgan fingerprint density at radius 2 is 1.87 bits per heavy atom. The predicted molar refractivity (Wildman–Crippen MR) is 113 cm³/mol. The minimum Gasteiger partial charge on any atom is -0.492 e. The number of hydrazine groups is 1. The van der Waals surface area contributed by atoms with Crippen LogP contribution in [0.5, 0.6) is 5.75 Å². The molecule has 4 amide bonds. The molecule has 3 rings (SSSR count). The number of hydrogen-bond donors (Lipinski definition) is 2. The van der Waals surface area contributed by atoms with Crippen LogP contribution in [-0.4, -0.2) is 60.0 Å². The lowest BCUT2D eigenvalue weighted by Gasteiger charge is -2.33. The maximum atomic E-state index is 12.8. The van der Waals surface area contributed by atoms with Crippen LogP contribution in [0.1, 0.15) is 43.7 Å². The van der Waals surface area contributed by atoms with E-state index in [1.54, 1.807) is 11.9 Å². The van der Waals surface area contributed by atoms with Crippen LogP contribution in [-0.2, 0) is 9.59 Å². The molecule has 30 heavy (non-hydrogen) atoms. The van der Waals surface area contributed by atoms with Gasteiger partial charge in [0.15, 0.2) is 0 Å². The van der Waals surface area contributed by atoms with Crippen molar-refractivity contribution in [3.63, 3.8) is 0 Å². The molecule has 1 heterocycles. The van der Waals surface area contributed by atoms with Gasteiger partial charge in [-0.1, -0.05) is 13.0 Å². The number of nitrogens with one attached hydrogen (secondary N) is 2. The van der Waals surface area contributed by atoms with Gasteiger partial charge in [-0.05, 0) is 75.8 Å². The highest BCUT2D eigenvalue weighted by atomic mass is 16.5. The second kappa shape index (κ2) is 9.04. The van der Waals surface area contributed by atoms with E-state index in [0.29, 0.717) is 31.9 Å². The fourth-order valence-corrected chi connectivity index (χ4v) is 4.14. The second-order valence-corrected chi connectivity index (χ2v) is 8.78. The number of benzene rings is 1. The first-order valence-electron chi connectivity index (χ1n) is 10.5. The van der Waals surface area contributed by atoms with E-state index in [1.165, 1.54) is 0 Å². The van der Waals surface area contributed by atoms with Gasteiger partial charge in [0.2, 0.25) is 0 Å². The lowest BCUT2D eigenvalue weighted by atomic mass is 9.77. The van der Waals surface area contributed by atoms with Crippen molar-refractivity contribution in [3.8, 4) is 5.75 Å². The van der Waals surface area contributed by atoms with Crippen LogP contribution < -0.4 is 15.5 Å². The minimum absolute atomic E-state index is 0.0529. The Morgan fingerprint density at radius 3 is 2.50 bits per heavy atom. The van der Waals surface area contributed by atoms with Crippen molar-refractivity contribution in [1.29, 1.82) is 0 Å². The summed E-state index contributed by atoms with van der Waals surface area (Å²) in [5.74, 6) is 0.586. The van der Waals surface area contributed by atoms with E-state index in [9.17, 15) is 14.4 Å². The number of nitrogens with zero attached hydrogens (tertiary/aromatic N) is 2. The lowest BCUT2D eigenvalue weighted by Crippen LogP contribution is -2.52. The minimum atomic E-state index is -0.859. The first kappa shape index (κ1) is 22.1. The van der Waals surface area contributed by atoms with Crippen LogP contribution in [0.3, 0.4) is 0 Å². The number of amides is 4. The Labute approximate surface area is 177 Å². The Balaban J connectivity index is 1.45. The standard InChI is InChI=1S/C22H32N4O4/c1-15-5-7-22(8-6-15)20(28)26(21(29)23-22)24-19(27)14-25(4)9-10-30-18-12-16(2)11-17(3)13-18/h11-13,15H,5-10,14H2,1-4H3,(H,23,29)(H,24,27). The van der Waals surface area contributed by atoms with Gasteiger partial charge in [0.25, 0.3) is 11.8 Å². The summed E-state index contributed by atoms with van der Waals surface area (Å²) in [6.07, 6.45) is 3.00. The van der Waals surface area contributed by atoms with Gasteiger partial charge in [0, 0.05) is 6.54 Å². The van der Waals surface area contributed by atoms with Gasteiger partial charge in [-0.3, -0.25) is 19.9 Å². The third-order valence-corrected chi connectivity index (χ3v) is 5.88. The highest BCUT2D eigenvalue weighted by Gasteiger charge is 2.52. The van der Waals surface area contributed by atoms with E-state index in [-0.39, 0.29) is 12.5 Å². The number of carbonyl (C=O) groups excluding carboxylic acids is 3. The smallest absolute Gasteiger partial charge is 0.344 e. The number of likely N-dealkylation sites (N-methyl/N-ethyl adjacent to an activating group) is 1. The van der Waals surface area contributed by atoms with Crippen molar-refractivity contribution < 1.29 is 19.1 Å². The fraction of sp³-hybridized carbons (Fsp3) is 0.591. The third-order valence-electron chi connectivity index (χ3n) is 5.88. The summed E-state index contributed by atoms with van der Waals surface area (Å²) < 4.78 is 5.77. The zero-order valence-electron chi connectivity index (χ0n) is 18.3. The molecular weight excluding hydrogens is 384 g/mol. The molecule has 0 radical (unpaired) electrons. The Kier molecular flexibility index (Phi) is 6.65. The maximum absolute atomic E-state index is 12.8. The van der Waals surface area contributed by atoms with E-state index < -0.39 is 17.5 Å². The Morgan fingerprint density at radius 1 is 1.23 bits per heavy atom. The average molecular weight is 417 g/mol. The average Bonchev–Trinajstić information content (AvgIpc) is 2.88. The maximum Gasteiger partial charge on any atom is 0.344 e. The molecule has 1 spiro atoms. The molecule has 2 N–H and O–H groups in total. The molecule has 0 aromatic heterocycles. The first-order valence-corrected chi connectivity index (χ1v) is 10.5. The molecule has 1 aliphatic carbocycles. The summed E-state index contributed by atoms with van der Waals surface area (Å²) >= 11 is 0. The molecule has 0 atom stereocenters. The van der Waals surface area contributed by atoms with E-state index in [0.717, 1.165) is 34.7 Å². The zero-order valence-corrected chi connectivity index (χ0v) is 18.3. The second-order valence-electron chi connectivity index (χ2n) is 8.78. The van der Waals surface area contributed by atoms with Gasteiger partial charge in [-0.25, -0.2) is 4.79 Å². The van der Waals surface area contributed by atoms with Gasteiger partial charge >= 0.3 is 6.03 Å². The number of ether oxygens (including phenoxy) is 1. The van der Waals surface area contributed by atoms with Gasteiger partial charge < -0.3 is 10.1 Å². The van der Waals surface area contributed by atoms with Gasteiger partial charge in [-0.15, -0.1) is 0 Å². The highest BCUT2D eigenvalue weighted by molar-refractivity contribution is 6.08. The van der Waals surface area contributed by atoms with E-state index >= 15 is 0 Å². The van der Waals surface area contributed by atoms with E-state index in [1.807, 2.05) is 26.0 Å². The predicted octanol–water partition coefficient (Wildman–Crippen LogP) is 2.15. The third kappa shape index (κ3) is 5.11. The van der Waals surface area contributed by atoms with Crippen molar-refractivity contribution in [1.82, 2.24) is 20.7 Å². The SMILES string of the molecule is Cc1cc(C)cc(OCCN(C)CC(=O)NN2C(=O)NC3(CCC(C)CC3)C2=O)c1. The monoisotopic (exact) mass is 416 g/mol. The number of rotatable bonds is 7. The van der Waals surface area contributed by atoms with Crippen molar-refractivity contribution >= 4 is 17.8 Å². The topological polar surface area (TPSA) is 91.0 Å². The highest BCUT2D eigenvalue weighted by Crippen LogP contribution is 2.35. The van der Waals surface area contributed by atoms with Crippen LogP contribution >= 0.6 is 0 Å². The molecular formula is C22H32N4O4. The summed E-state index contributed by atoms with van der Waals surface area (Å²) in [5, 5.41) is 3.64. The molecule has 0 unspecified atom stereocenters. The summed E-state index contributed by atoms with van der Waals surface area (Å²) in [5.41, 5.74) is 3.88. The summed E-state index contributed by atoms with van der Waals surface area (Å²) in [6.45, 7) is 7.19. The number of imide groups is 1. The molecule has 0 bridgehead atoms. The van der Waals surface area contributed by atoms with Crippen LogP contribution in [0, 0.1) is 19.8 Å². The molecule has 1 saturated heterocycles. The van der Waals surface area contributed by atoms with Crippen LogP contribution in [0.25, 0.3) is 0 Å². The fourth-order valence-electron chi connectivity index (χ4n) is 4.14. The molecule has 2 fully saturated rings. The first-order chi connectivity index (χ1) is 14.2. The molecule has 8 heteroatoms. The number of hydrogen-bond acceptors (Lipinski definition) is 5. The molecule has 2 aliphatic rings. The molecule has 8 nitrogen and oxygen atoms in total. The van der Waals surface area contributed by atoms with Crippen molar-refractivity contribution in [2.75, 3.05) is 26.7 Å². The van der Waals surface area contributed by atoms with Gasteiger partial charge in [0.1, 0.15) is 17.9 Å². The Bertz CT molecular complexity index is 797. The van der Waals surface area contributed by atoms with Gasteiger partial charge in [0.05, 0.1) is 6.54 Å². The normalized spacial score (nSPS) is 23.8. The molecule has 164 valence electrons. The van der Waals surface area contributed by atoms with E-state index in [4.69, 9.17) is 4.74 Å². The van der Waals surface area contributed by atoms with Crippen LogP contribution in [0.2, 0.25) is 0 Å². The quantitative estimate of drug-likeness (QED) is 0.665. The molecule has 1 aliphatic heterocycles. The lowest BCUT2D eigenvalue weighted by molar-refractivity contribution is -0.140. The summed E-state index contributed by atoms with van der Waals surface area (Å²) in [6, 6.07) is 5.47. The number of carbonyl (C=O) groups is 3. The molecule has 1 aromatic rings. The number of aryl methyl sites for hydroxylation is 2. The Hall–Kier alpha value is -2.61. The largest absolute Gasteiger partial charge is 0.492 e. The van der Waals surface area contributed by atoms with E-state index in [2.05, 4.69) is 23.7 Å². The van der Waals surface area contributed by atoms with Crippen LogP contribution in [0.4, 0.5) is 4.79 Å². The summed E-state index contributed by atoms with van der Waals surface area (Å²) in [7, 11) is 1.79. The van der Waals surface area contributed by atoms with Crippen LogP contribution in [0.15, 0.2) is 18.2 Å².